The van der Waals surface area contributed by atoms with E-state index in [0.29, 0.717) is 17.5 Å². The number of amides is 3. The lowest BCUT2D eigenvalue weighted by Gasteiger charge is -2.01. The number of benzene rings is 1. The lowest BCUT2D eigenvalue weighted by atomic mass is 10.2. The highest BCUT2D eigenvalue weighted by Gasteiger charge is 2.07. The summed E-state index contributed by atoms with van der Waals surface area (Å²) in [6.45, 7) is 0.350. The summed E-state index contributed by atoms with van der Waals surface area (Å²) in [6, 6.07) is 8.75. The highest BCUT2D eigenvalue weighted by Crippen LogP contribution is 2.20. The van der Waals surface area contributed by atoms with Gasteiger partial charge in [0.25, 0.3) is 0 Å². The summed E-state index contributed by atoms with van der Waals surface area (Å²) in [7, 11) is 0. The van der Waals surface area contributed by atoms with E-state index in [0.717, 1.165) is 5.56 Å². The van der Waals surface area contributed by atoms with Crippen molar-refractivity contribution in [2.24, 2.45) is 5.73 Å². The van der Waals surface area contributed by atoms with E-state index in [2.05, 4.69) is 14.7 Å². The van der Waals surface area contributed by atoms with Crippen LogP contribution in [0.1, 0.15) is 6.42 Å². The van der Waals surface area contributed by atoms with E-state index in [1.54, 1.807) is 0 Å². The van der Waals surface area contributed by atoms with Crippen LogP contribution in [0.25, 0.3) is 11.4 Å². The SMILES string of the molecule is NC(=O)NC(=O)CCNc1nc(-c2ccccc2)ns1. The van der Waals surface area contributed by atoms with E-state index in [-0.39, 0.29) is 6.42 Å². The maximum Gasteiger partial charge on any atom is 0.318 e. The van der Waals surface area contributed by atoms with Gasteiger partial charge in [0.05, 0.1) is 0 Å². The predicted octanol–water partition coefficient (Wildman–Crippen LogP) is 1.20. The molecule has 0 saturated carbocycles. The van der Waals surface area contributed by atoms with Crippen molar-refractivity contribution in [3.8, 4) is 11.4 Å². The first-order valence-electron chi connectivity index (χ1n) is 5.87. The normalized spacial score (nSPS) is 10.0. The fourth-order valence-electron chi connectivity index (χ4n) is 1.48. The molecule has 1 heterocycles. The average Bonchev–Trinajstić information content (AvgIpc) is 2.88. The van der Waals surface area contributed by atoms with Crippen LogP contribution in [0.2, 0.25) is 0 Å². The third-order valence-corrected chi connectivity index (χ3v) is 3.02. The second-order valence-corrected chi connectivity index (χ2v) is 4.63. The minimum atomic E-state index is -0.850. The molecule has 7 nitrogen and oxygen atoms in total. The second-order valence-electron chi connectivity index (χ2n) is 3.88. The molecule has 1 aromatic carbocycles. The van der Waals surface area contributed by atoms with Gasteiger partial charge in [0.1, 0.15) is 0 Å². The Bertz CT molecular complexity index is 599. The van der Waals surface area contributed by atoms with Gasteiger partial charge in [0.2, 0.25) is 11.0 Å². The molecular weight excluding hydrogens is 278 g/mol. The third-order valence-electron chi connectivity index (χ3n) is 2.35. The number of nitrogens with two attached hydrogens (primary N) is 1. The fourth-order valence-corrected chi connectivity index (χ4v) is 2.10. The maximum atomic E-state index is 11.2. The highest BCUT2D eigenvalue weighted by atomic mass is 32.1. The molecule has 0 fully saturated rings. The minimum absolute atomic E-state index is 0.128. The number of urea groups is 1. The van der Waals surface area contributed by atoms with Gasteiger partial charge in [-0.05, 0) is 0 Å². The lowest BCUT2D eigenvalue weighted by Crippen LogP contribution is -2.35. The van der Waals surface area contributed by atoms with Gasteiger partial charge < -0.3 is 11.1 Å². The number of rotatable bonds is 5. The number of primary amides is 1. The summed E-state index contributed by atoms with van der Waals surface area (Å²) >= 11 is 1.21. The van der Waals surface area contributed by atoms with Gasteiger partial charge >= 0.3 is 6.03 Å². The molecule has 0 aliphatic rings. The summed E-state index contributed by atoms with van der Waals surface area (Å²) in [4.78, 5) is 25.9. The van der Waals surface area contributed by atoms with Crippen LogP contribution in [0.5, 0.6) is 0 Å². The van der Waals surface area contributed by atoms with Crippen molar-refractivity contribution in [1.82, 2.24) is 14.7 Å². The van der Waals surface area contributed by atoms with Crippen molar-refractivity contribution in [2.45, 2.75) is 6.42 Å². The van der Waals surface area contributed by atoms with E-state index in [1.165, 1.54) is 11.5 Å². The summed E-state index contributed by atoms with van der Waals surface area (Å²) < 4.78 is 4.23. The maximum absolute atomic E-state index is 11.2. The quantitative estimate of drug-likeness (QED) is 0.766. The van der Waals surface area contributed by atoms with Crippen LogP contribution in [0.4, 0.5) is 9.93 Å². The Labute approximate surface area is 119 Å². The molecule has 0 aliphatic heterocycles. The minimum Gasteiger partial charge on any atom is -0.360 e. The fraction of sp³-hybridized carbons (Fsp3) is 0.167. The van der Waals surface area contributed by atoms with E-state index in [4.69, 9.17) is 5.73 Å². The molecule has 2 rings (SSSR count). The topological polar surface area (TPSA) is 110 Å². The molecule has 4 N–H and O–H groups in total. The van der Waals surface area contributed by atoms with Crippen molar-refractivity contribution in [2.75, 3.05) is 11.9 Å². The average molecular weight is 291 g/mol. The summed E-state index contributed by atoms with van der Waals surface area (Å²) in [6.07, 6.45) is 0.128. The highest BCUT2D eigenvalue weighted by molar-refractivity contribution is 7.09. The zero-order valence-corrected chi connectivity index (χ0v) is 11.3. The smallest absolute Gasteiger partial charge is 0.318 e. The Balaban J connectivity index is 1.85. The van der Waals surface area contributed by atoms with Crippen LogP contribution >= 0.6 is 11.5 Å². The molecule has 0 unspecified atom stereocenters. The zero-order chi connectivity index (χ0) is 14.4. The lowest BCUT2D eigenvalue weighted by molar-refractivity contribution is -0.119. The zero-order valence-electron chi connectivity index (χ0n) is 10.5. The van der Waals surface area contributed by atoms with Gasteiger partial charge in [-0.15, -0.1) is 0 Å². The number of carbonyl (C=O) groups is 2. The number of nitrogens with one attached hydrogen (secondary N) is 2. The Morgan fingerprint density at radius 1 is 1.25 bits per heavy atom. The number of carbonyl (C=O) groups excluding carboxylic acids is 2. The second kappa shape index (κ2) is 6.62. The summed E-state index contributed by atoms with van der Waals surface area (Å²) in [5.74, 6) is 0.206. The number of aromatic nitrogens is 2. The molecule has 0 atom stereocenters. The van der Waals surface area contributed by atoms with Crippen LogP contribution in [-0.4, -0.2) is 27.8 Å². The van der Waals surface area contributed by atoms with E-state index < -0.39 is 11.9 Å². The van der Waals surface area contributed by atoms with Crippen molar-refractivity contribution < 1.29 is 9.59 Å². The Morgan fingerprint density at radius 2 is 2.00 bits per heavy atom. The molecule has 0 spiro atoms. The first-order chi connectivity index (χ1) is 9.65. The Morgan fingerprint density at radius 3 is 2.70 bits per heavy atom. The molecule has 0 radical (unpaired) electrons. The molecule has 8 heteroatoms. The standard InChI is InChI=1S/C12H13N5O2S/c13-11(19)15-9(18)6-7-14-12-16-10(17-20-12)8-4-2-1-3-5-8/h1-5H,6-7H2,(H,14,16,17)(H3,13,15,18,19). The molecule has 0 aliphatic carbocycles. The van der Waals surface area contributed by atoms with Gasteiger partial charge in [-0.2, -0.15) is 9.36 Å². The summed E-state index contributed by atoms with van der Waals surface area (Å²) in [5.41, 5.74) is 5.77. The van der Waals surface area contributed by atoms with E-state index in [1.807, 2.05) is 35.6 Å². The molecule has 0 bridgehead atoms. The van der Waals surface area contributed by atoms with Crippen LogP contribution in [0, 0.1) is 0 Å². The first kappa shape index (κ1) is 13.9. The molecule has 20 heavy (non-hydrogen) atoms. The number of anilines is 1. The third kappa shape index (κ3) is 4.02. The first-order valence-corrected chi connectivity index (χ1v) is 6.65. The van der Waals surface area contributed by atoms with Crippen molar-refractivity contribution in [1.29, 1.82) is 0 Å². The number of hydrogen-bond donors (Lipinski definition) is 3. The van der Waals surface area contributed by atoms with Gasteiger partial charge in [0.15, 0.2) is 5.82 Å². The molecular formula is C12H13N5O2S. The molecule has 2 aromatic rings. The molecule has 3 amide bonds. The van der Waals surface area contributed by atoms with Gasteiger partial charge in [0, 0.05) is 30.1 Å². The largest absolute Gasteiger partial charge is 0.360 e. The van der Waals surface area contributed by atoms with Crippen LogP contribution < -0.4 is 16.4 Å². The summed E-state index contributed by atoms with van der Waals surface area (Å²) in [5, 5.41) is 5.58. The molecule has 0 saturated heterocycles. The Hall–Kier alpha value is -2.48. The van der Waals surface area contributed by atoms with Crippen LogP contribution in [0.3, 0.4) is 0 Å². The Kier molecular flexibility index (Phi) is 4.61. The number of nitrogens with zero attached hydrogens (tertiary/aromatic N) is 2. The van der Waals surface area contributed by atoms with E-state index >= 15 is 0 Å². The van der Waals surface area contributed by atoms with Gasteiger partial charge in [-0.1, -0.05) is 30.3 Å². The number of imide groups is 1. The monoisotopic (exact) mass is 291 g/mol. The van der Waals surface area contributed by atoms with Crippen LogP contribution in [-0.2, 0) is 4.79 Å². The van der Waals surface area contributed by atoms with Gasteiger partial charge in [-0.25, -0.2) is 4.79 Å². The van der Waals surface area contributed by atoms with Crippen molar-refractivity contribution in [3.63, 3.8) is 0 Å². The van der Waals surface area contributed by atoms with Crippen LogP contribution in [0.15, 0.2) is 30.3 Å². The van der Waals surface area contributed by atoms with Crippen molar-refractivity contribution in [3.05, 3.63) is 30.3 Å². The predicted molar refractivity (Wildman–Crippen MR) is 76.2 cm³/mol. The van der Waals surface area contributed by atoms with Crippen molar-refractivity contribution >= 4 is 28.6 Å². The number of hydrogen-bond acceptors (Lipinski definition) is 6. The van der Waals surface area contributed by atoms with Gasteiger partial charge in [-0.3, -0.25) is 10.1 Å². The van der Waals surface area contributed by atoms with E-state index in [9.17, 15) is 9.59 Å². The molecule has 104 valence electrons. The molecule has 1 aromatic heterocycles.